The fourth-order valence-corrected chi connectivity index (χ4v) is 4.44. The number of piperidine rings is 1. The van der Waals surface area contributed by atoms with Gasteiger partial charge in [-0.2, -0.15) is 0 Å². The summed E-state index contributed by atoms with van der Waals surface area (Å²) in [5.74, 6) is -0.101. The highest BCUT2D eigenvalue weighted by Crippen LogP contribution is 2.37. The van der Waals surface area contributed by atoms with Gasteiger partial charge < -0.3 is 24.6 Å². The summed E-state index contributed by atoms with van der Waals surface area (Å²) in [6.07, 6.45) is 3.44. The van der Waals surface area contributed by atoms with Gasteiger partial charge in [0.1, 0.15) is 5.82 Å². The molecule has 1 N–H and O–H groups in total. The number of hydrogen-bond acceptors (Lipinski definition) is 5. The highest BCUT2D eigenvalue weighted by Gasteiger charge is 2.36. The molecule has 8 heteroatoms. The van der Waals surface area contributed by atoms with Crippen molar-refractivity contribution in [2.75, 3.05) is 41.5 Å². The number of rotatable bonds is 4. The average Bonchev–Trinajstić information content (AvgIpc) is 3.40. The lowest BCUT2D eigenvalue weighted by molar-refractivity contribution is -0.122. The number of halogens is 1. The van der Waals surface area contributed by atoms with Gasteiger partial charge in [-0.1, -0.05) is 0 Å². The Morgan fingerprint density at radius 2 is 1.84 bits per heavy atom. The summed E-state index contributed by atoms with van der Waals surface area (Å²) in [6, 6.07) is 9.79. The lowest BCUT2D eigenvalue weighted by Crippen LogP contribution is -2.32. The van der Waals surface area contributed by atoms with Crippen LogP contribution >= 0.6 is 0 Å². The highest BCUT2D eigenvalue weighted by atomic mass is 19.1. The molecule has 3 aliphatic heterocycles. The van der Waals surface area contributed by atoms with E-state index in [-0.39, 0.29) is 31.6 Å². The number of carbonyl (C=O) groups excluding carboxylic acids is 2. The van der Waals surface area contributed by atoms with Crippen LogP contribution in [0.5, 0.6) is 11.5 Å². The van der Waals surface area contributed by atoms with E-state index in [0.29, 0.717) is 22.9 Å². The van der Waals surface area contributed by atoms with E-state index in [9.17, 15) is 14.0 Å². The van der Waals surface area contributed by atoms with Gasteiger partial charge in [-0.25, -0.2) is 4.39 Å². The molecule has 2 saturated heterocycles. The zero-order valence-electron chi connectivity index (χ0n) is 17.1. The molecule has 0 aliphatic carbocycles. The van der Waals surface area contributed by atoms with E-state index >= 15 is 0 Å². The van der Waals surface area contributed by atoms with E-state index in [4.69, 9.17) is 9.47 Å². The first-order chi connectivity index (χ1) is 15.1. The predicted molar refractivity (Wildman–Crippen MR) is 114 cm³/mol. The van der Waals surface area contributed by atoms with Crippen LogP contribution in [0.1, 0.15) is 25.7 Å². The number of nitrogens with zero attached hydrogens (tertiary/aromatic N) is 2. The molecule has 2 fully saturated rings. The molecule has 2 aromatic rings. The van der Waals surface area contributed by atoms with Gasteiger partial charge in [-0.05, 0) is 49.6 Å². The van der Waals surface area contributed by atoms with Gasteiger partial charge in [0, 0.05) is 37.8 Å². The molecule has 7 nitrogen and oxygen atoms in total. The Morgan fingerprint density at radius 3 is 2.68 bits per heavy atom. The second-order valence-electron chi connectivity index (χ2n) is 8.14. The van der Waals surface area contributed by atoms with Crippen molar-refractivity contribution in [1.29, 1.82) is 0 Å². The number of carbonyl (C=O) groups is 2. The van der Waals surface area contributed by atoms with E-state index in [2.05, 4.69) is 10.2 Å². The molecular formula is C23H24FN3O4. The van der Waals surface area contributed by atoms with E-state index in [1.54, 1.807) is 29.2 Å². The number of hydrogen-bond donors (Lipinski definition) is 1. The maximum atomic E-state index is 13.9. The summed E-state index contributed by atoms with van der Waals surface area (Å²) in [4.78, 5) is 29.4. The third kappa shape index (κ3) is 3.89. The molecule has 162 valence electrons. The Hall–Kier alpha value is -3.29. The minimum absolute atomic E-state index is 0.106. The zero-order valence-corrected chi connectivity index (χ0v) is 17.1. The van der Waals surface area contributed by atoms with Crippen molar-refractivity contribution in [3.8, 4) is 11.5 Å². The number of amides is 2. The van der Waals surface area contributed by atoms with Crippen LogP contribution in [0.3, 0.4) is 0 Å². The van der Waals surface area contributed by atoms with Gasteiger partial charge in [0.2, 0.25) is 18.6 Å². The molecule has 3 heterocycles. The Bertz CT molecular complexity index is 1020. The minimum atomic E-state index is -0.518. The number of fused-ring (bicyclic) bond motifs is 1. The molecule has 0 bridgehead atoms. The Balaban J connectivity index is 1.31. The molecule has 2 aromatic carbocycles. The predicted octanol–water partition coefficient (Wildman–Crippen LogP) is 3.54. The maximum Gasteiger partial charge on any atom is 0.231 e. The minimum Gasteiger partial charge on any atom is -0.454 e. The van der Waals surface area contributed by atoms with E-state index in [1.165, 1.54) is 18.6 Å². The molecule has 1 unspecified atom stereocenters. The third-order valence-electron chi connectivity index (χ3n) is 6.08. The summed E-state index contributed by atoms with van der Waals surface area (Å²) in [5, 5.41) is 2.88. The van der Waals surface area contributed by atoms with Gasteiger partial charge in [0.25, 0.3) is 0 Å². The lowest BCUT2D eigenvalue weighted by atomic mass is 10.1. The van der Waals surface area contributed by atoms with Gasteiger partial charge in [-0.3, -0.25) is 9.59 Å². The van der Waals surface area contributed by atoms with Gasteiger partial charge >= 0.3 is 0 Å². The topological polar surface area (TPSA) is 71.1 Å². The van der Waals surface area contributed by atoms with Gasteiger partial charge in [0.15, 0.2) is 11.5 Å². The summed E-state index contributed by atoms with van der Waals surface area (Å²) in [7, 11) is 0. The van der Waals surface area contributed by atoms with Crippen LogP contribution in [-0.2, 0) is 9.59 Å². The molecule has 5 rings (SSSR count). The molecule has 2 amide bonds. The second kappa shape index (κ2) is 8.09. The normalized spacial score (nSPS) is 20.3. The van der Waals surface area contributed by atoms with Gasteiger partial charge in [-0.15, -0.1) is 0 Å². The number of nitrogens with one attached hydrogen (secondary N) is 1. The van der Waals surface area contributed by atoms with Crippen molar-refractivity contribution in [3.05, 3.63) is 42.2 Å². The quantitative estimate of drug-likeness (QED) is 0.812. The third-order valence-corrected chi connectivity index (χ3v) is 6.08. The summed E-state index contributed by atoms with van der Waals surface area (Å²) in [5.41, 5.74) is 1.96. The summed E-state index contributed by atoms with van der Waals surface area (Å²) >= 11 is 0. The summed E-state index contributed by atoms with van der Waals surface area (Å²) in [6.45, 7) is 2.19. The van der Waals surface area contributed by atoms with E-state index in [0.717, 1.165) is 31.6 Å². The SMILES string of the molecule is O=C(Nc1cc(F)ccc1N1CCCCC1)C1CC(=O)N(c2ccc3c(c2)OCO3)C1. The molecule has 0 radical (unpaired) electrons. The highest BCUT2D eigenvalue weighted by molar-refractivity contribution is 6.04. The largest absolute Gasteiger partial charge is 0.454 e. The van der Waals surface area contributed by atoms with Crippen LogP contribution in [0.2, 0.25) is 0 Å². The maximum absolute atomic E-state index is 13.9. The zero-order chi connectivity index (χ0) is 21.4. The molecule has 0 saturated carbocycles. The van der Waals surface area contributed by atoms with Crippen LogP contribution in [-0.4, -0.2) is 38.2 Å². The fraction of sp³-hybridized carbons (Fsp3) is 0.391. The lowest BCUT2D eigenvalue weighted by Gasteiger charge is -2.30. The second-order valence-corrected chi connectivity index (χ2v) is 8.14. The van der Waals surface area contributed by atoms with Crippen molar-refractivity contribution >= 4 is 28.9 Å². The van der Waals surface area contributed by atoms with Crippen molar-refractivity contribution in [2.24, 2.45) is 5.92 Å². The Morgan fingerprint density at radius 1 is 1.03 bits per heavy atom. The average molecular weight is 425 g/mol. The molecule has 3 aliphatic rings. The van der Waals surface area contributed by atoms with Crippen LogP contribution < -0.4 is 24.6 Å². The van der Waals surface area contributed by atoms with Crippen molar-refractivity contribution in [3.63, 3.8) is 0 Å². The van der Waals surface area contributed by atoms with Crippen molar-refractivity contribution < 1.29 is 23.5 Å². The number of anilines is 3. The summed E-state index contributed by atoms with van der Waals surface area (Å²) < 4.78 is 24.6. The first-order valence-corrected chi connectivity index (χ1v) is 10.6. The van der Waals surface area contributed by atoms with Crippen LogP contribution in [0.25, 0.3) is 0 Å². The Labute approximate surface area is 179 Å². The smallest absolute Gasteiger partial charge is 0.231 e. The number of benzene rings is 2. The van der Waals surface area contributed by atoms with Crippen LogP contribution in [0, 0.1) is 11.7 Å². The van der Waals surface area contributed by atoms with Crippen LogP contribution in [0.4, 0.5) is 21.5 Å². The van der Waals surface area contributed by atoms with Crippen LogP contribution in [0.15, 0.2) is 36.4 Å². The molecule has 0 aromatic heterocycles. The Kier molecular flexibility index (Phi) is 5.13. The van der Waals surface area contributed by atoms with Crippen molar-refractivity contribution in [1.82, 2.24) is 0 Å². The van der Waals surface area contributed by atoms with Crippen molar-refractivity contribution in [2.45, 2.75) is 25.7 Å². The molecule has 0 spiro atoms. The first kappa shape index (κ1) is 19.7. The molecule has 1 atom stereocenters. The first-order valence-electron chi connectivity index (χ1n) is 10.6. The standard InChI is InChI=1S/C23H24FN3O4/c24-16-4-6-19(26-8-2-1-3-9-26)18(11-16)25-23(29)15-10-22(28)27(13-15)17-5-7-20-21(12-17)31-14-30-20/h4-7,11-12,15H,1-3,8-10,13-14H2,(H,25,29). The fourth-order valence-electron chi connectivity index (χ4n) is 4.44. The van der Waals surface area contributed by atoms with E-state index < -0.39 is 11.7 Å². The molecule has 31 heavy (non-hydrogen) atoms. The van der Waals surface area contributed by atoms with Gasteiger partial charge in [0.05, 0.1) is 17.3 Å². The molecular weight excluding hydrogens is 401 g/mol. The van der Waals surface area contributed by atoms with E-state index in [1.807, 2.05) is 0 Å². The monoisotopic (exact) mass is 425 g/mol. The number of ether oxygens (including phenoxy) is 2.